The molecule has 6 nitrogen and oxygen atoms in total. The number of phenols is 1. The molecule has 2 aromatic rings. The van der Waals surface area contributed by atoms with E-state index in [9.17, 15) is 14.3 Å². The summed E-state index contributed by atoms with van der Waals surface area (Å²) < 4.78 is 14.4. The number of nitrogens with one attached hydrogen (secondary N) is 2. The molecule has 5 N–H and O–H groups in total. The zero-order valence-corrected chi connectivity index (χ0v) is 10.2. The van der Waals surface area contributed by atoms with E-state index in [1.54, 1.807) is 12.1 Å². The summed E-state index contributed by atoms with van der Waals surface area (Å²) in [6.07, 6.45) is 2.97. The molecule has 0 atom stereocenters. The number of nitrogens with two attached hydrogens (primary N) is 1. The number of halogens is 1. The van der Waals surface area contributed by atoms with E-state index < -0.39 is 29.0 Å². The van der Waals surface area contributed by atoms with Crippen LogP contribution < -0.4 is 11.1 Å². The van der Waals surface area contributed by atoms with Gasteiger partial charge in [-0.2, -0.15) is 0 Å². The van der Waals surface area contributed by atoms with Crippen molar-refractivity contribution in [1.82, 2.24) is 10.3 Å². The second-order valence-corrected chi connectivity index (χ2v) is 3.92. The van der Waals surface area contributed by atoms with Crippen LogP contribution >= 0.6 is 0 Å². The minimum Gasteiger partial charge on any atom is -0.507 e. The molecule has 0 unspecified atom stereocenters. The largest absolute Gasteiger partial charge is 0.507 e. The second-order valence-electron chi connectivity index (χ2n) is 3.92. The first-order chi connectivity index (χ1) is 9.50. The number of phenolic OH excluding ortho intramolecular Hbond substituents is 1. The molecule has 2 rings (SSSR count). The van der Waals surface area contributed by atoms with E-state index in [1.165, 1.54) is 24.5 Å². The maximum absolute atomic E-state index is 14.4. The predicted octanol–water partition coefficient (Wildman–Crippen LogP) is 1.22. The summed E-state index contributed by atoms with van der Waals surface area (Å²) >= 11 is 0. The summed E-state index contributed by atoms with van der Waals surface area (Å²) in [6, 6.07) is 5.70. The van der Waals surface area contributed by atoms with Crippen molar-refractivity contribution in [3.8, 4) is 16.9 Å². The molecule has 0 saturated carbocycles. The van der Waals surface area contributed by atoms with Crippen molar-refractivity contribution in [2.75, 3.05) is 0 Å². The second kappa shape index (κ2) is 5.35. The van der Waals surface area contributed by atoms with E-state index in [0.717, 1.165) is 0 Å². The molecule has 20 heavy (non-hydrogen) atoms. The summed E-state index contributed by atoms with van der Waals surface area (Å²) in [7, 11) is 0. The lowest BCUT2D eigenvalue weighted by Gasteiger charge is -2.10. The highest BCUT2D eigenvalue weighted by Crippen LogP contribution is 2.29. The topological polar surface area (TPSA) is 112 Å². The molecule has 1 aromatic carbocycles. The third-order valence-electron chi connectivity index (χ3n) is 2.59. The number of hydrogen-bond acceptors (Lipinski definition) is 4. The molecule has 0 spiro atoms. The number of nitrogens with zero attached hydrogens (tertiary/aromatic N) is 1. The molecular weight excluding hydrogens is 263 g/mol. The molecule has 0 aliphatic rings. The molecule has 0 bridgehead atoms. The molecule has 0 saturated heterocycles. The number of hydrogen-bond donors (Lipinski definition) is 4. The smallest absolute Gasteiger partial charge is 0.264 e. The van der Waals surface area contributed by atoms with E-state index in [1.807, 2.05) is 5.32 Å². The summed E-state index contributed by atoms with van der Waals surface area (Å²) in [5.74, 6) is -3.04. The molecule has 1 aromatic heterocycles. The maximum Gasteiger partial charge on any atom is 0.264 e. The van der Waals surface area contributed by atoms with Crippen molar-refractivity contribution >= 4 is 11.9 Å². The minimum atomic E-state index is -0.983. The van der Waals surface area contributed by atoms with Crippen LogP contribution in [0.25, 0.3) is 11.1 Å². The number of amides is 1. The number of carbonyl (C=O) groups excluding carboxylic acids is 1. The summed E-state index contributed by atoms with van der Waals surface area (Å²) in [6.45, 7) is 0. The van der Waals surface area contributed by atoms with Crippen LogP contribution in [0.3, 0.4) is 0 Å². The highest BCUT2D eigenvalue weighted by molar-refractivity contribution is 6.06. The Hall–Kier alpha value is -2.96. The lowest BCUT2D eigenvalue weighted by Crippen LogP contribution is -2.36. The van der Waals surface area contributed by atoms with Gasteiger partial charge in [0, 0.05) is 18.0 Å². The van der Waals surface area contributed by atoms with E-state index in [2.05, 4.69) is 4.98 Å². The Balaban J connectivity index is 2.54. The average Bonchev–Trinajstić information content (AvgIpc) is 2.39. The third kappa shape index (κ3) is 2.56. The van der Waals surface area contributed by atoms with Gasteiger partial charge >= 0.3 is 0 Å². The van der Waals surface area contributed by atoms with Crippen LogP contribution in [0.2, 0.25) is 0 Å². The fourth-order valence-corrected chi connectivity index (χ4v) is 1.72. The van der Waals surface area contributed by atoms with Gasteiger partial charge < -0.3 is 10.8 Å². The quantitative estimate of drug-likeness (QED) is 0.487. The van der Waals surface area contributed by atoms with Gasteiger partial charge in [-0.3, -0.25) is 20.5 Å². The Labute approximate surface area is 113 Å². The Morgan fingerprint density at radius 1 is 1.30 bits per heavy atom. The fourth-order valence-electron chi connectivity index (χ4n) is 1.72. The van der Waals surface area contributed by atoms with Gasteiger partial charge in [0.2, 0.25) is 0 Å². The Bertz CT molecular complexity index is 674. The molecule has 7 heteroatoms. The Morgan fingerprint density at radius 2 is 1.95 bits per heavy atom. The van der Waals surface area contributed by atoms with Crippen LogP contribution in [0, 0.1) is 11.2 Å². The van der Waals surface area contributed by atoms with Gasteiger partial charge in [-0.05, 0) is 29.8 Å². The van der Waals surface area contributed by atoms with Crippen molar-refractivity contribution in [3.63, 3.8) is 0 Å². The predicted molar refractivity (Wildman–Crippen MR) is 70.7 cm³/mol. The van der Waals surface area contributed by atoms with Crippen LogP contribution in [0.15, 0.2) is 36.7 Å². The first-order valence-corrected chi connectivity index (χ1v) is 5.58. The van der Waals surface area contributed by atoms with Crippen LogP contribution in [0.4, 0.5) is 4.39 Å². The van der Waals surface area contributed by atoms with E-state index in [-0.39, 0.29) is 5.56 Å². The highest BCUT2D eigenvalue weighted by atomic mass is 19.1. The lowest BCUT2D eigenvalue weighted by atomic mass is 10.0. The van der Waals surface area contributed by atoms with Gasteiger partial charge in [0.05, 0.1) is 0 Å². The number of pyridine rings is 1. The van der Waals surface area contributed by atoms with Gasteiger partial charge in [0.15, 0.2) is 5.96 Å². The molecular formula is C13H11FN4O2. The van der Waals surface area contributed by atoms with Crippen LogP contribution in [0.5, 0.6) is 5.75 Å². The fraction of sp³-hybridized carbons (Fsp3) is 0. The Kier molecular flexibility index (Phi) is 3.60. The van der Waals surface area contributed by atoms with E-state index >= 15 is 0 Å². The minimum absolute atomic E-state index is 0.138. The van der Waals surface area contributed by atoms with Crippen molar-refractivity contribution in [1.29, 1.82) is 5.41 Å². The van der Waals surface area contributed by atoms with Crippen molar-refractivity contribution in [3.05, 3.63) is 48.0 Å². The van der Waals surface area contributed by atoms with Gasteiger partial charge in [0.1, 0.15) is 17.1 Å². The zero-order valence-electron chi connectivity index (χ0n) is 10.2. The SMILES string of the molecule is N=C(N)NC(=O)c1c(O)ccc(-c2ccncc2)c1F. The number of benzene rings is 1. The normalized spacial score (nSPS) is 10.1. The van der Waals surface area contributed by atoms with Crippen LogP contribution in [-0.4, -0.2) is 22.0 Å². The van der Waals surface area contributed by atoms with E-state index in [4.69, 9.17) is 11.1 Å². The van der Waals surface area contributed by atoms with Gasteiger partial charge in [-0.1, -0.05) is 0 Å². The summed E-state index contributed by atoms with van der Waals surface area (Å²) in [5, 5.41) is 18.5. The standard InChI is InChI=1S/C13H11FN4O2/c14-11-8(7-3-5-17-6-4-7)1-2-9(19)10(11)12(20)18-13(15)16/h1-6,19H,(H4,15,16,18,20). The number of aromatic nitrogens is 1. The maximum atomic E-state index is 14.4. The highest BCUT2D eigenvalue weighted by Gasteiger charge is 2.21. The summed E-state index contributed by atoms with van der Waals surface area (Å²) in [5.41, 5.74) is 5.10. The molecule has 0 aliphatic heterocycles. The van der Waals surface area contributed by atoms with E-state index in [0.29, 0.717) is 5.56 Å². The molecule has 1 amide bonds. The zero-order chi connectivity index (χ0) is 14.7. The molecule has 0 radical (unpaired) electrons. The van der Waals surface area contributed by atoms with Gasteiger partial charge in [-0.25, -0.2) is 4.39 Å². The van der Waals surface area contributed by atoms with Gasteiger partial charge in [0.25, 0.3) is 5.91 Å². The number of aromatic hydroxyl groups is 1. The number of carbonyl (C=O) groups is 1. The first-order valence-electron chi connectivity index (χ1n) is 5.58. The number of rotatable bonds is 2. The third-order valence-corrected chi connectivity index (χ3v) is 2.59. The number of guanidine groups is 1. The molecule has 0 aliphatic carbocycles. The monoisotopic (exact) mass is 274 g/mol. The van der Waals surface area contributed by atoms with Crippen molar-refractivity contribution < 1.29 is 14.3 Å². The van der Waals surface area contributed by atoms with Gasteiger partial charge in [-0.15, -0.1) is 0 Å². The lowest BCUT2D eigenvalue weighted by molar-refractivity contribution is 0.0970. The van der Waals surface area contributed by atoms with Crippen molar-refractivity contribution in [2.45, 2.75) is 0 Å². The first kappa shape index (κ1) is 13.5. The van der Waals surface area contributed by atoms with Crippen LogP contribution in [0.1, 0.15) is 10.4 Å². The molecule has 1 heterocycles. The van der Waals surface area contributed by atoms with Crippen LogP contribution in [-0.2, 0) is 0 Å². The summed E-state index contributed by atoms with van der Waals surface area (Å²) in [4.78, 5) is 15.6. The Morgan fingerprint density at radius 3 is 2.55 bits per heavy atom. The van der Waals surface area contributed by atoms with Crippen molar-refractivity contribution in [2.24, 2.45) is 5.73 Å². The molecule has 0 fully saturated rings. The average molecular weight is 274 g/mol. The molecule has 102 valence electrons.